The summed E-state index contributed by atoms with van der Waals surface area (Å²) in [7, 11) is 0. The van der Waals surface area contributed by atoms with Gasteiger partial charge in [0.25, 0.3) is 0 Å². The molecule has 3 heteroatoms. The van der Waals surface area contributed by atoms with Gasteiger partial charge in [0, 0.05) is 22.3 Å². The number of benzene rings is 2. The molecular weight excluding hydrogens is 879 g/mol. The van der Waals surface area contributed by atoms with E-state index in [0.717, 1.165) is 48.2 Å². The van der Waals surface area contributed by atoms with Crippen molar-refractivity contribution in [3.8, 4) is 0 Å². The molecule has 1 aliphatic heterocycles. The Labute approximate surface area is 437 Å². The van der Waals surface area contributed by atoms with Gasteiger partial charge < -0.3 is 5.53 Å². The Balaban J connectivity index is 0.000000529. The zero-order valence-electron chi connectivity index (χ0n) is 46.9. The zero-order chi connectivity index (χ0) is 49.7. The predicted octanol–water partition coefficient (Wildman–Crippen LogP) is 23.8. The molecule has 0 saturated heterocycles. The first-order valence-electron chi connectivity index (χ1n) is 30.5. The van der Waals surface area contributed by atoms with E-state index in [1.165, 1.54) is 282 Å². The van der Waals surface area contributed by atoms with E-state index < -0.39 is 0 Å². The summed E-state index contributed by atoms with van der Waals surface area (Å²) in [5.74, 6) is 0. The van der Waals surface area contributed by atoms with Crippen molar-refractivity contribution in [1.82, 2.24) is 0 Å². The van der Waals surface area contributed by atoms with Crippen LogP contribution in [0.4, 0.5) is 0 Å². The van der Waals surface area contributed by atoms with Crippen LogP contribution in [0.15, 0.2) is 59.7 Å². The second-order valence-corrected chi connectivity index (χ2v) is 22.8. The van der Waals surface area contributed by atoms with Crippen LogP contribution in [0.2, 0.25) is 10.8 Å². The van der Waals surface area contributed by atoms with Crippen molar-refractivity contribution in [2.24, 2.45) is 0 Å². The maximum atomic E-state index is 11.2. The summed E-state index contributed by atoms with van der Waals surface area (Å²) in [6.45, 7) is 13.2. The average Bonchev–Trinajstić information content (AvgIpc) is 3.64. The van der Waals surface area contributed by atoms with Gasteiger partial charge in [-0.3, -0.25) is 0 Å². The number of hydrogen-bond donors (Lipinski definition) is 0. The Kier molecular flexibility index (Phi) is 41.9. The molecule has 2 nitrogen and oxygen atoms in total. The minimum Gasteiger partial charge on any atom is -0.0654 e. The van der Waals surface area contributed by atoms with Crippen molar-refractivity contribution < 1.29 is 19.1 Å². The number of allylic oxidation sites excluding steroid dienone is 2. The monoisotopic (exact) mass is 993 g/mol. The number of nitrogens with zero attached hydrogens (tertiary/aromatic N) is 2. The minimum atomic E-state index is 0.911. The Morgan fingerprint density at radius 1 is 0.348 bits per heavy atom. The van der Waals surface area contributed by atoms with E-state index in [0.29, 0.717) is 0 Å². The zero-order valence-corrected chi connectivity index (χ0v) is 47.9. The number of unbranched alkanes of at least 4 members (excludes halogenated alkanes) is 37. The van der Waals surface area contributed by atoms with Crippen molar-refractivity contribution in [1.29, 1.82) is 0 Å². The number of hydrogen-bond acceptors (Lipinski definition) is 0. The van der Waals surface area contributed by atoms with Crippen LogP contribution in [-0.4, -0.2) is 4.70 Å². The van der Waals surface area contributed by atoms with Crippen LogP contribution >= 0.6 is 0 Å². The third kappa shape index (κ3) is 32.0. The first-order chi connectivity index (χ1) is 34.0. The summed E-state index contributed by atoms with van der Waals surface area (Å²) < 4.78 is 1.44. The van der Waals surface area contributed by atoms with E-state index in [-0.39, 0.29) is 0 Å². The molecule has 0 aliphatic carbocycles. The van der Waals surface area contributed by atoms with E-state index in [2.05, 4.69) is 90.1 Å². The van der Waals surface area contributed by atoms with Crippen LogP contribution in [0.3, 0.4) is 0 Å². The van der Waals surface area contributed by atoms with Gasteiger partial charge in [-0.2, -0.15) is 0 Å². The predicted molar refractivity (Wildman–Crippen MR) is 306 cm³/mol. The normalized spacial score (nSPS) is 12.8. The van der Waals surface area contributed by atoms with Gasteiger partial charge in [-0.15, -0.1) is 0 Å². The molecule has 0 amide bonds. The van der Waals surface area contributed by atoms with E-state index in [4.69, 9.17) is 0 Å². The first-order valence-corrected chi connectivity index (χ1v) is 31.9. The first kappa shape index (κ1) is 63.1. The Hall–Kier alpha value is -1.99. The van der Waals surface area contributed by atoms with Crippen LogP contribution in [-0.2, 0) is 14.4 Å². The standard InChI is InChI=1S/C24H28N2.2C21H43.Ni/c1-5-7-14-22-21(6-2)23(19-12-8-10-17(3)15-19)26(25)24(22)20-13-9-11-18(4)16-20;2*1-3-5-7-9-11-13-15-17-19-21-20-18-16-14-12-10-8-6-4-2;/h8-13,15-16H,5-7,14H2,1-4H3;2*1,3-21H2,2H3;. The molecule has 1 aliphatic rings. The van der Waals surface area contributed by atoms with E-state index >= 15 is 0 Å². The molecule has 0 atom stereocenters. The third-order valence-corrected chi connectivity index (χ3v) is 16.1. The molecule has 69 heavy (non-hydrogen) atoms. The SMILES string of the molecule is CCCCC1=C(c2cccc(C)c2)[N+](=[N-])C(c2cccc(C)c2)=C1CC.CCCCCCCCCCCCCCCCCCCC[CH2][Ni][CH2]CCCCCCCCCCCCCCCCCCCC. The van der Waals surface area contributed by atoms with Gasteiger partial charge in [0.05, 0.1) is 0 Å². The molecule has 0 unspecified atom stereocenters. The fraction of sp³-hybridized carbons (Fsp3) is 0.758. The Bertz CT molecular complexity index is 1530. The fourth-order valence-corrected chi connectivity index (χ4v) is 11.6. The van der Waals surface area contributed by atoms with Gasteiger partial charge in [0.15, 0.2) is 0 Å². The summed E-state index contributed by atoms with van der Waals surface area (Å²) in [6, 6.07) is 16.8. The van der Waals surface area contributed by atoms with Crippen LogP contribution < -0.4 is 0 Å². The fourth-order valence-electron chi connectivity index (χ4n) is 10.4. The summed E-state index contributed by atoms with van der Waals surface area (Å²) in [6.07, 6.45) is 60.4. The quantitative estimate of drug-likeness (QED) is 0.0359. The van der Waals surface area contributed by atoms with Gasteiger partial charge >= 0.3 is 166 Å². The van der Waals surface area contributed by atoms with Crippen LogP contribution in [0.1, 0.15) is 320 Å². The minimum absolute atomic E-state index is 0.911. The van der Waals surface area contributed by atoms with Gasteiger partial charge in [0.1, 0.15) is 0 Å². The van der Waals surface area contributed by atoms with Gasteiger partial charge in [0.2, 0.25) is 11.4 Å². The summed E-state index contributed by atoms with van der Waals surface area (Å²) in [5, 5.41) is 2.87. The Morgan fingerprint density at radius 3 is 0.899 bits per heavy atom. The van der Waals surface area contributed by atoms with Gasteiger partial charge in [-0.25, -0.2) is 4.70 Å². The topological polar surface area (TPSA) is 25.3 Å². The average molecular weight is 994 g/mol. The van der Waals surface area contributed by atoms with Gasteiger partial charge in [-0.05, 0) is 57.4 Å². The van der Waals surface area contributed by atoms with Crippen LogP contribution in [0.5, 0.6) is 0 Å². The molecule has 398 valence electrons. The molecule has 0 N–H and O–H groups in total. The molecular formula is C66H114N2Ni. The second-order valence-electron chi connectivity index (χ2n) is 21.4. The molecule has 0 spiro atoms. The number of aryl methyl sites for hydroxylation is 2. The molecule has 2 aromatic carbocycles. The molecule has 0 saturated carbocycles. The molecule has 0 fully saturated rings. The van der Waals surface area contributed by atoms with E-state index in [1.54, 1.807) is 0 Å². The molecule has 0 radical (unpaired) electrons. The smallest absolute Gasteiger partial charge is 0.0654 e. The van der Waals surface area contributed by atoms with E-state index in [9.17, 15) is 5.53 Å². The van der Waals surface area contributed by atoms with Gasteiger partial charge in [-0.1, -0.05) is 172 Å². The molecule has 0 aromatic heterocycles. The van der Waals surface area contributed by atoms with Crippen molar-refractivity contribution in [3.05, 3.63) is 87.5 Å². The van der Waals surface area contributed by atoms with Crippen molar-refractivity contribution in [2.75, 3.05) is 0 Å². The van der Waals surface area contributed by atoms with Crippen LogP contribution in [0.25, 0.3) is 16.9 Å². The van der Waals surface area contributed by atoms with Crippen LogP contribution in [0, 0.1) is 13.8 Å². The van der Waals surface area contributed by atoms with Crippen molar-refractivity contribution in [2.45, 2.75) is 322 Å². The summed E-state index contributed by atoms with van der Waals surface area (Å²) >= 11 is 2.05. The van der Waals surface area contributed by atoms with E-state index in [1.807, 2.05) is 14.4 Å². The summed E-state index contributed by atoms with van der Waals surface area (Å²) in [5.41, 5.74) is 20.3. The molecule has 2 aromatic rings. The molecule has 3 rings (SSSR count). The Morgan fingerprint density at radius 2 is 0.623 bits per heavy atom. The van der Waals surface area contributed by atoms with Crippen molar-refractivity contribution >= 4 is 11.4 Å². The van der Waals surface area contributed by atoms with Crippen molar-refractivity contribution in [3.63, 3.8) is 0 Å². The number of rotatable bonds is 46. The second kappa shape index (κ2) is 45.8. The summed E-state index contributed by atoms with van der Waals surface area (Å²) in [4.78, 5) is 0. The molecule has 1 heterocycles. The molecule has 0 bridgehead atoms. The third-order valence-electron chi connectivity index (χ3n) is 14.7. The maximum absolute atomic E-state index is 11.2.